The molecule has 0 amide bonds. The van der Waals surface area contributed by atoms with Crippen LogP contribution >= 0.6 is 11.8 Å². The second kappa shape index (κ2) is 13.7. The number of benzene rings is 6. The summed E-state index contributed by atoms with van der Waals surface area (Å²) in [6.07, 6.45) is 0. The number of para-hydroxylation sites is 1. The zero-order valence-electron chi connectivity index (χ0n) is 24.1. The standard InChI is InChI=1S/C38H28O5S2/c39-36(29-18-8-2-9-19-29)35-33(42-27-28-16-6-1-7-17-28)26-34(43-30-20-10-3-11-21-30)37(44-31-22-12-4-13-23-31)38(35)45(40,41)32-24-14-5-15-25-32/h1-26H,27H2. The zero-order valence-corrected chi connectivity index (χ0v) is 25.7. The Morgan fingerprint density at radius 1 is 0.622 bits per heavy atom. The Balaban J connectivity index is 1.67. The average Bonchev–Trinajstić information content (AvgIpc) is 3.09. The first kappa shape index (κ1) is 29.9. The predicted octanol–water partition coefficient (Wildman–Crippen LogP) is 9.27. The van der Waals surface area contributed by atoms with Gasteiger partial charge in [-0.3, -0.25) is 4.79 Å². The molecule has 0 unspecified atom stereocenters. The molecule has 0 radical (unpaired) electrons. The minimum Gasteiger partial charge on any atom is -0.488 e. The summed E-state index contributed by atoms with van der Waals surface area (Å²) in [5, 5.41) is 0. The van der Waals surface area contributed by atoms with E-state index in [0.29, 0.717) is 11.3 Å². The van der Waals surface area contributed by atoms with Crippen LogP contribution < -0.4 is 9.47 Å². The lowest BCUT2D eigenvalue weighted by molar-refractivity contribution is 0.103. The van der Waals surface area contributed by atoms with Crippen LogP contribution in [0.5, 0.6) is 17.2 Å². The third-order valence-corrected chi connectivity index (χ3v) is 10.0. The molecule has 0 aliphatic heterocycles. The minimum absolute atomic E-state index is 0.0490. The number of sulfone groups is 1. The molecular formula is C38H28O5S2. The molecular weight excluding hydrogens is 601 g/mol. The highest BCUT2D eigenvalue weighted by Crippen LogP contribution is 2.48. The number of carbonyl (C=O) groups excluding carboxylic acids is 1. The first-order valence-corrected chi connectivity index (χ1v) is 16.5. The van der Waals surface area contributed by atoms with Crippen molar-refractivity contribution in [3.8, 4) is 17.2 Å². The minimum atomic E-state index is -4.30. The lowest BCUT2D eigenvalue weighted by Crippen LogP contribution is -2.15. The molecule has 0 aliphatic rings. The smallest absolute Gasteiger partial charge is 0.208 e. The molecule has 0 aromatic heterocycles. The highest BCUT2D eigenvalue weighted by Gasteiger charge is 2.35. The normalized spacial score (nSPS) is 11.1. The van der Waals surface area contributed by atoms with Gasteiger partial charge in [-0.15, -0.1) is 0 Å². The molecule has 6 rings (SSSR count). The SMILES string of the molecule is O=C(c1ccccc1)c1c(OCc2ccccc2)cc(Oc2ccccc2)c(Sc2ccccc2)c1S(=O)(=O)c1ccccc1. The maximum Gasteiger partial charge on any atom is 0.208 e. The van der Waals surface area contributed by atoms with E-state index < -0.39 is 15.6 Å². The molecule has 0 heterocycles. The molecule has 0 bridgehead atoms. The number of hydrogen-bond donors (Lipinski definition) is 0. The molecule has 0 aliphatic carbocycles. The van der Waals surface area contributed by atoms with Crippen molar-refractivity contribution in [1.29, 1.82) is 0 Å². The van der Waals surface area contributed by atoms with Crippen LogP contribution in [0.4, 0.5) is 0 Å². The van der Waals surface area contributed by atoms with Crippen molar-refractivity contribution in [2.45, 2.75) is 26.2 Å². The van der Waals surface area contributed by atoms with Gasteiger partial charge in [-0.25, -0.2) is 8.42 Å². The van der Waals surface area contributed by atoms with E-state index in [1.165, 1.54) is 23.9 Å². The molecule has 6 aromatic rings. The zero-order chi connectivity index (χ0) is 31.1. The van der Waals surface area contributed by atoms with Crippen LogP contribution in [0, 0.1) is 0 Å². The second-order valence-electron chi connectivity index (χ2n) is 10.0. The van der Waals surface area contributed by atoms with Crippen LogP contribution in [-0.2, 0) is 16.4 Å². The maximum absolute atomic E-state index is 14.8. The van der Waals surface area contributed by atoms with Crippen molar-refractivity contribution in [3.05, 3.63) is 174 Å². The number of carbonyl (C=O) groups is 1. The van der Waals surface area contributed by atoms with E-state index in [1.807, 2.05) is 78.9 Å². The van der Waals surface area contributed by atoms with Gasteiger partial charge < -0.3 is 9.47 Å². The van der Waals surface area contributed by atoms with Crippen molar-refractivity contribution < 1.29 is 22.7 Å². The van der Waals surface area contributed by atoms with E-state index >= 15 is 0 Å². The monoisotopic (exact) mass is 628 g/mol. The van der Waals surface area contributed by atoms with Gasteiger partial charge in [-0.2, -0.15) is 0 Å². The van der Waals surface area contributed by atoms with Gasteiger partial charge in [0.05, 0.1) is 15.4 Å². The Morgan fingerprint density at radius 3 is 1.78 bits per heavy atom. The highest BCUT2D eigenvalue weighted by atomic mass is 32.2. The van der Waals surface area contributed by atoms with Gasteiger partial charge in [0.25, 0.3) is 0 Å². The summed E-state index contributed by atoms with van der Waals surface area (Å²) in [5.74, 6) is 0.378. The molecule has 45 heavy (non-hydrogen) atoms. The summed E-state index contributed by atoms with van der Waals surface area (Å²) >= 11 is 1.22. The molecule has 0 saturated carbocycles. The topological polar surface area (TPSA) is 69.7 Å². The van der Waals surface area contributed by atoms with E-state index in [1.54, 1.807) is 66.7 Å². The third-order valence-electron chi connectivity index (χ3n) is 6.92. The van der Waals surface area contributed by atoms with E-state index in [4.69, 9.17) is 9.47 Å². The summed E-state index contributed by atoms with van der Waals surface area (Å²) in [6.45, 7) is 0.108. The molecule has 6 aromatic carbocycles. The van der Waals surface area contributed by atoms with E-state index in [9.17, 15) is 13.2 Å². The molecule has 5 nitrogen and oxygen atoms in total. The van der Waals surface area contributed by atoms with E-state index in [-0.39, 0.29) is 38.4 Å². The fourth-order valence-corrected chi connectivity index (χ4v) is 7.70. The molecule has 0 saturated heterocycles. The Hall–Kier alpha value is -5.11. The molecule has 0 N–H and O–H groups in total. The van der Waals surface area contributed by atoms with Gasteiger partial charge in [0, 0.05) is 16.5 Å². The van der Waals surface area contributed by atoms with Crippen LogP contribution in [0.15, 0.2) is 177 Å². The second-order valence-corrected chi connectivity index (χ2v) is 13.0. The van der Waals surface area contributed by atoms with Gasteiger partial charge in [-0.1, -0.05) is 127 Å². The van der Waals surface area contributed by atoms with Gasteiger partial charge >= 0.3 is 0 Å². The van der Waals surface area contributed by atoms with Crippen LogP contribution in [0.3, 0.4) is 0 Å². The van der Waals surface area contributed by atoms with E-state index in [0.717, 1.165) is 10.5 Å². The largest absolute Gasteiger partial charge is 0.488 e. The number of ketones is 1. The molecule has 0 fully saturated rings. The fraction of sp³-hybridized carbons (Fsp3) is 0.0263. The Bertz CT molecular complexity index is 2000. The Kier molecular flexibility index (Phi) is 9.10. The van der Waals surface area contributed by atoms with Crippen LogP contribution in [0.2, 0.25) is 0 Å². The fourth-order valence-electron chi connectivity index (χ4n) is 4.76. The lowest BCUT2D eigenvalue weighted by Gasteiger charge is -2.22. The first-order chi connectivity index (χ1) is 22.0. The predicted molar refractivity (Wildman–Crippen MR) is 176 cm³/mol. The summed E-state index contributed by atoms with van der Waals surface area (Å²) in [7, 11) is -4.30. The third kappa shape index (κ3) is 6.85. The molecule has 0 atom stereocenters. The summed E-state index contributed by atoms with van der Waals surface area (Å²) in [6, 6.07) is 46.4. The molecule has 0 spiro atoms. The van der Waals surface area contributed by atoms with Gasteiger partial charge in [0.15, 0.2) is 5.78 Å². The molecule has 222 valence electrons. The van der Waals surface area contributed by atoms with Crippen molar-refractivity contribution in [3.63, 3.8) is 0 Å². The Morgan fingerprint density at radius 2 is 1.16 bits per heavy atom. The van der Waals surface area contributed by atoms with Crippen molar-refractivity contribution >= 4 is 27.4 Å². The number of rotatable bonds is 11. The molecule has 7 heteroatoms. The van der Waals surface area contributed by atoms with Crippen molar-refractivity contribution in [1.82, 2.24) is 0 Å². The van der Waals surface area contributed by atoms with E-state index in [2.05, 4.69) is 0 Å². The van der Waals surface area contributed by atoms with Crippen LogP contribution in [0.25, 0.3) is 0 Å². The van der Waals surface area contributed by atoms with Crippen molar-refractivity contribution in [2.24, 2.45) is 0 Å². The van der Waals surface area contributed by atoms with Crippen molar-refractivity contribution in [2.75, 3.05) is 0 Å². The lowest BCUT2D eigenvalue weighted by atomic mass is 10.0. The Labute approximate surface area is 267 Å². The summed E-state index contributed by atoms with van der Waals surface area (Å²) < 4.78 is 42.3. The average molecular weight is 629 g/mol. The number of ether oxygens (including phenoxy) is 2. The van der Waals surface area contributed by atoms with Crippen LogP contribution in [-0.4, -0.2) is 14.2 Å². The van der Waals surface area contributed by atoms with Gasteiger partial charge in [-0.05, 0) is 42.0 Å². The van der Waals surface area contributed by atoms with Crippen LogP contribution in [0.1, 0.15) is 21.5 Å². The maximum atomic E-state index is 14.8. The first-order valence-electron chi connectivity index (χ1n) is 14.2. The summed E-state index contributed by atoms with van der Waals surface area (Å²) in [4.78, 5) is 15.4. The van der Waals surface area contributed by atoms with Gasteiger partial charge in [0.2, 0.25) is 9.84 Å². The summed E-state index contributed by atoms with van der Waals surface area (Å²) in [5.41, 5.74) is 1.13. The number of hydrogen-bond acceptors (Lipinski definition) is 6. The highest BCUT2D eigenvalue weighted by molar-refractivity contribution is 8.00. The quantitative estimate of drug-likeness (QED) is 0.133. The van der Waals surface area contributed by atoms with Gasteiger partial charge in [0.1, 0.15) is 28.8 Å².